The van der Waals surface area contributed by atoms with Gasteiger partial charge in [-0.15, -0.1) is 0 Å². The van der Waals surface area contributed by atoms with Gasteiger partial charge in [0.05, 0.1) is 13.1 Å². The number of nitrogens with zero attached hydrogens (tertiary/aromatic N) is 1. The second-order valence-electron chi connectivity index (χ2n) is 3.25. The average Bonchev–Trinajstić information content (AvgIpc) is 2.48. The molecule has 0 radical (unpaired) electrons. The van der Waals surface area contributed by atoms with Crippen LogP contribution in [0.4, 0.5) is 4.39 Å². The minimum absolute atomic E-state index is 0.138. The van der Waals surface area contributed by atoms with Gasteiger partial charge in [-0.3, -0.25) is 9.18 Å². The molecule has 1 N–H and O–H groups in total. The first-order chi connectivity index (χ1) is 5.72. The maximum atomic E-state index is 12.1. The molecule has 0 aliphatic carbocycles. The summed E-state index contributed by atoms with van der Waals surface area (Å²) >= 11 is 0. The van der Waals surface area contributed by atoms with Crippen LogP contribution in [0.25, 0.3) is 0 Å². The number of halogens is 1. The molecule has 12 heavy (non-hydrogen) atoms. The Kier molecular flexibility index (Phi) is 3.47. The molecular weight excluding hydrogens is 161 g/mol. The zero-order valence-corrected chi connectivity index (χ0v) is 7.00. The molecule has 0 spiro atoms. The smallest absolute Gasteiger partial charge is 0.304 e. The summed E-state index contributed by atoms with van der Waals surface area (Å²) in [5, 5.41) is 8.40. The zero-order chi connectivity index (χ0) is 8.97. The van der Waals surface area contributed by atoms with E-state index in [9.17, 15) is 9.18 Å². The molecule has 0 aromatic carbocycles. The largest absolute Gasteiger partial charge is 0.481 e. The number of hydrogen-bond acceptors (Lipinski definition) is 2. The fourth-order valence-corrected chi connectivity index (χ4v) is 1.50. The molecule has 1 aliphatic heterocycles. The number of hydrogen-bond donors (Lipinski definition) is 1. The molecule has 1 heterocycles. The molecule has 0 bridgehead atoms. The van der Waals surface area contributed by atoms with Gasteiger partial charge in [0.25, 0.3) is 0 Å². The van der Waals surface area contributed by atoms with Gasteiger partial charge in [0.1, 0.15) is 0 Å². The van der Waals surface area contributed by atoms with Crippen molar-refractivity contribution in [2.75, 3.05) is 26.3 Å². The predicted molar refractivity (Wildman–Crippen MR) is 42.8 cm³/mol. The lowest BCUT2D eigenvalue weighted by Gasteiger charge is -2.12. The van der Waals surface area contributed by atoms with E-state index in [4.69, 9.17) is 5.11 Å². The Labute approximate surface area is 71.2 Å². The van der Waals surface area contributed by atoms with E-state index in [1.165, 1.54) is 0 Å². The molecule has 0 aromatic heterocycles. The number of carboxylic acids is 1. The van der Waals surface area contributed by atoms with E-state index in [2.05, 4.69) is 0 Å². The van der Waals surface area contributed by atoms with Gasteiger partial charge >= 0.3 is 5.97 Å². The first-order valence-electron chi connectivity index (χ1n) is 4.22. The summed E-state index contributed by atoms with van der Waals surface area (Å²) in [6.45, 7) is 1.86. The molecule has 0 unspecified atom stereocenters. The molecule has 0 aromatic rings. The normalized spacial score (nSPS) is 24.6. The molecule has 1 atom stereocenters. The fourth-order valence-electron chi connectivity index (χ4n) is 1.50. The van der Waals surface area contributed by atoms with Crippen molar-refractivity contribution in [2.45, 2.75) is 12.8 Å². The molecule has 4 heteroatoms. The van der Waals surface area contributed by atoms with Crippen molar-refractivity contribution in [1.82, 2.24) is 4.90 Å². The zero-order valence-electron chi connectivity index (χ0n) is 7.00. The molecule has 1 aliphatic rings. The molecule has 70 valence electrons. The molecule has 1 saturated heterocycles. The summed E-state index contributed by atoms with van der Waals surface area (Å²) in [6, 6.07) is 0. The molecule has 1 rings (SSSR count). The summed E-state index contributed by atoms with van der Waals surface area (Å²) in [5.74, 6) is -0.641. The Morgan fingerprint density at radius 1 is 1.67 bits per heavy atom. The van der Waals surface area contributed by atoms with Crippen LogP contribution in [-0.4, -0.2) is 42.3 Å². The number of alkyl halides is 1. The third kappa shape index (κ3) is 2.77. The van der Waals surface area contributed by atoms with Crippen molar-refractivity contribution in [3.63, 3.8) is 0 Å². The van der Waals surface area contributed by atoms with Crippen molar-refractivity contribution >= 4 is 5.97 Å². The SMILES string of the molecule is O=C(O)CCN1CC[C@@H](CF)C1. The van der Waals surface area contributed by atoms with Crippen LogP contribution in [0.1, 0.15) is 12.8 Å². The molecule has 3 nitrogen and oxygen atoms in total. The Bertz CT molecular complexity index is 163. The van der Waals surface area contributed by atoms with Crippen molar-refractivity contribution in [2.24, 2.45) is 5.92 Å². The van der Waals surface area contributed by atoms with E-state index in [0.717, 1.165) is 19.5 Å². The summed E-state index contributed by atoms with van der Waals surface area (Å²) in [5.41, 5.74) is 0. The standard InChI is InChI=1S/C8H14FNO2/c9-5-7-1-3-10(6-7)4-2-8(11)12/h7H,1-6H2,(H,11,12)/t7-/m0/s1. The molecule has 0 amide bonds. The van der Waals surface area contributed by atoms with E-state index < -0.39 is 5.97 Å². The van der Waals surface area contributed by atoms with Gasteiger partial charge in [-0.2, -0.15) is 0 Å². The van der Waals surface area contributed by atoms with Crippen LogP contribution in [0.15, 0.2) is 0 Å². The van der Waals surface area contributed by atoms with Crippen molar-refractivity contribution in [3.8, 4) is 0 Å². The van der Waals surface area contributed by atoms with Gasteiger partial charge in [0, 0.05) is 19.0 Å². The first-order valence-corrected chi connectivity index (χ1v) is 4.22. The lowest BCUT2D eigenvalue weighted by Crippen LogP contribution is -2.24. The van der Waals surface area contributed by atoms with Crippen LogP contribution in [-0.2, 0) is 4.79 Å². The van der Waals surface area contributed by atoms with E-state index in [-0.39, 0.29) is 19.0 Å². The van der Waals surface area contributed by atoms with E-state index in [1.54, 1.807) is 0 Å². The van der Waals surface area contributed by atoms with Gasteiger partial charge < -0.3 is 10.0 Å². The monoisotopic (exact) mass is 175 g/mol. The van der Waals surface area contributed by atoms with Crippen LogP contribution in [0.3, 0.4) is 0 Å². The van der Waals surface area contributed by atoms with E-state index in [1.807, 2.05) is 4.90 Å². The van der Waals surface area contributed by atoms with Crippen LogP contribution >= 0.6 is 0 Å². The van der Waals surface area contributed by atoms with Crippen LogP contribution in [0.5, 0.6) is 0 Å². The lowest BCUT2D eigenvalue weighted by atomic mass is 10.1. The van der Waals surface area contributed by atoms with Gasteiger partial charge in [-0.05, 0) is 13.0 Å². The van der Waals surface area contributed by atoms with Gasteiger partial charge in [0.2, 0.25) is 0 Å². The fraction of sp³-hybridized carbons (Fsp3) is 0.875. The number of carboxylic acid groups (broad SMARTS) is 1. The van der Waals surface area contributed by atoms with Gasteiger partial charge in [-0.1, -0.05) is 0 Å². The van der Waals surface area contributed by atoms with E-state index >= 15 is 0 Å². The highest BCUT2D eigenvalue weighted by molar-refractivity contribution is 5.66. The lowest BCUT2D eigenvalue weighted by molar-refractivity contribution is -0.137. The second kappa shape index (κ2) is 4.40. The average molecular weight is 175 g/mol. The quantitative estimate of drug-likeness (QED) is 0.685. The number of likely N-dealkylation sites (tertiary alicyclic amines) is 1. The molecule has 1 fully saturated rings. The predicted octanol–water partition coefficient (Wildman–Crippen LogP) is 0.752. The number of carbonyl (C=O) groups is 1. The number of aliphatic carboxylic acids is 1. The second-order valence-corrected chi connectivity index (χ2v) is 3.25. The Morgan fingerprint density at radius 2 is 2.42 bits per heavy atom. The molecular formula is C8H14FNO2. The third-order valence-electron chi connectivity index (χ3n) is 2.23. The minimum Gasteiger partial charge on any atom is -0.481 e. The van der Waals surface area contributed by atoms with E-state index in [0.29, 0.717) is 6.54 Å². The summed E-state index contributed by atoms with van der Waals surface area (Å²) < 4.78 is 12.1. The Hall–Kier alpha value is -0.640. The van der Waals surface area contributed by atoms with Crippen molar-refractivity contribution in [1.29, 1.82) is 0 Å². The van der Waals surface area contributed by atoms with Crippen molar-refractivity contribution in [3.05, 3.63) is 0 Å². The summed E-state index contributed by atoms with van der Waals surface area (Å²) in [6.07, 6.45) is 1.04. The van der Waals surface area contributed by atoms with Crippen LogP contribution in [0.2, 0.25) is 0 Å². The van der Waals surface area contributed by atoms with Crippen LogP contribution in [0, 0.1) is 5.92 Å². The number of rotatable bonds is 4. The highest BCUT2D eigenvalue weighted by atomic mass is 19.1. The van der Waals surface area contributed by atoms with Crippen molar-refractivity contribution < 1.29 is 14.3 Å². The first kappa shape index (κ1) is 9.45. The highest BCUT2D eigenvalue weighted by Gasteiger charge is 2.21. The maximum Gasteiger partial charge on any atom is 0.304 e. The Morgan fingerprint density at radius 3 is 2.92 bits per heavy atom. The van der Waals surface area contributed by atoms with Crippen LogP contribution < -0.4 is 0 Å². The van der Waals surface area contributed by atoms with Gasteiger partial charge in [-0.25, -0.2) is 0 Å². The minimum atomic E-state index is -0.779. The molecule has 0 saturated carbocycles. The Balaban J connectivity index is 2.15. The van der Waals surface area contributed by atoms with Gasteiger partial charge in [0.15, 0.2) is 0 Å². The highest BCUT2D eigenvalue weighted by Crippen LogP contribution is 2.16. The third-order valence-corrected chi connectivity index (χ3v) is 2.23. The summed E-state index contributed by atoms with van der Waals surface area (Å²) in [7, 11) is 0. The topological polar surface area (TPSA) is 40.5 Å². The summed E-state index contributed by atoms with van der Waals surface area (Å²) in [4.78, 5) is 12.2. The maximum absolute atomic E-state index is 12.1.